The van der Waals surface area contributed by atoms with Crippen molar-refractivity contribution in [1.82, 2.24) is 15.6 Å². The molecule has 1 fully saturated rings. The van der Waals surface area contributed by atoms with Crippen LogP contribution in [0, 0.1) is 0 Å². The first-order valence-electron chi connectivity index (χ1n) is 7.41. The van der Waals surface area contributed by atoms with Crippen LogP contribution in [0.2, 0.25) is 5.02 Å². The molecule has 5 nitrogen and oxygen atoms in total. The zero-order valence-corrected chi connectivity index (χ0v) is 12.9. The Labute approximate surface area is 134 Å². The van der Waals surface area contributed by atoms with Gasteiger partial charge in [-0.2, -0.15) is 0 Å². The van der Waals surface area contributed by atoms with Crippen molar-refractivity contribution in [3.63, 3.8) is 0 Å². The Balaban J connectivity index is 1.59. The molecule has 1 aliphatic rings. The summed E-state index contributed by atoms with van der Waals surface area (Å²) in [7, 11) is 0. The predicted octanol–water partition coefficient (Wildman–Crippen LogP) is 2.41. The molecule has 0 aliphatic carbocycles. The number of carbonyl (C=O) groups excluding carboxylic acids is 1. The molecule has 6 heteroatoms. The van der Waals surface area contributed by atoms with Gasteiger partial charge in [0.1, 0.15) is 6.26 Å². The lowest BCUT2D eigenvalue weighted by molar-refractivity contribution is -0.121. The van der Waals surface area contributed by atoms with Gasteiger partial charge in [-0.1, -0.05) is 11.6 Å². The van der Waals surface area contributed by atoms with E-state index < -0.39 is 0 Å². The smallest absolute Gasteiger partial charge is 0.226 e. The second kappa shape index (κ2) is 6.94. The fourth-order valence-corrected chi connectivity index (χ4v) is 2.66. The normalized spacial score (nSPS) is 18.1. The Morgan fingerprint density at radius 3 is 2.95 bits per heavy atom. The molecule has 0 bridgehead atoms. The standard InChI is InChI=1S/C16H18ClN3O2/c17-12-5-3-11(4-6-12)16-20-14(10-22-16)8-15(21)19-13-2-1-7-18-9-13/h3-6,10,13,18H,1-2,7-9H2,(H,19,21)/t13-/m1/s1. The van der Waals surface area contributed by atoms with Gasteiger partial charge in [0.25, 0.3) is 0 Å². The van der Waals surface area contributed by atoms with E-state index in [0.717, 1.165) is 31.5 Å². The van der Waals surface area contributed by atoms with Gasteiger partial charge in [-0.05, 0) is 43.7 Å². The molecule has 3 rings (SSSR count). The lowest BCUT2D eigenvalue weighted by Crippen LogP contribution is -2.46. The van der Waals surface area contributed by atoms with Crippen molar-refractivity contribution < 1.29 is 9.21 Å². The first-order chi connectivity index (χ1) is 10.7. The molecular weight excluding hydrogens is 302 g/mol. The van der Waals surface area contributed by atoms with Crippen molar-refractivity contribution in [2.24, 2.45) is 0 Å². The molecule has 1 aromatic heterocycles. The number of amides is 1. The van der Waals surface area contributed by atoms with Crippen molar-refractivity contribution in [2.45, 2.75) is 25.3 Å². The molecule has 116 valence electrons. The molecule has 0 unspecified atom stereocenters. The third-order valence-corrected chi connectivity index (χ3v) is 3.90. The largest absolute Gasteiger partial charge is 0.444 e. The molecule has 0 spiro atoms. The first kappa shape index (κ1) is 15.1. The van der Waals surface area contributed by atoms with Crippen LogP contribution in [0.1, 0.15) is 18.5 Å². The van der Waals surface area contributed by atoms with Crippen LogP contribution >= 0.6 is 11.6 Å². The van der Waals surface area contributed by atoms with Gasteiger partial charge in [0.2, 0.25) is 11.8 Å². The minimum absolute atomic E-state index is 0.0235. The van der Waals surface area contributed by atoms with E-state index in [0.29, 0.717) is 16.6 Å². The summed E-state index contributed by atoms with van der Waals surface area (Å²) >= 11 is 5.86. The first-order valence-corrected chi connectivity index (χ1v) is 7.79. The molecular formula is C16H18ClN3O2. The predicted molar refractivity (Wildman–Crippen MR) is 84.7 cm³/mol. The van der Waals surface area contributed by atoms with Crippen molar-refractivity contribution >= 4 is 17.5 Å². The van der Waals surface area contributed by atoms with Crippen LogP contribution in [0.4, 0.5) is 0 Å². The lowest BCUT2D eigenvalue weighted by atomic mass is 10.1. The van der Waals surface area contributed by atoms with Gasteiger partial charge in [-0.25, -0.2) is 4.98 Å². The van der Waals surface area contributed by atoms with Gasteiger partial charge in [0, 0.05) is 23.2 Å². The van der Waals surface area contributed by atoms with E-state index in [2.05, 4.69) is 15.6 Å². The van der Waals surface area contributed by atoms with Gasteiger partial charge < -0.3 is 15.1 Å². The van der Waals surface area contributed by atoms with Crippen LogP contribution in [-0.4, -0.2) is 30.0 Å². The maximum absolute atomic E-state index is 12.0. The monoisotopic (exact) mass is 319 g/mol. The number of nitrogens with one attached hydrogen (secondary N) is 2. The number of carbonyl (C=O) groups is 1. The fraction of sp³-hybridized carbons (Fsp3) is 0.375. The van der Waals surface area contributed by atoms with Crippen LogP contribution < -0.4 is 10.6 Å². The summed E-state index contributed by atoms with van der Waals surface area (Å²) in [4.78, 5) is 16.4. The zero-order chi connectivity index (χ0) is 15.4. The molecule has 1 atom stereocenters. The molecule has 1 amide bonds. The summed E-state index contributed by atoms with van der Waals surface area (Å²) in [6.45, 7) is 1.86. The Hall–Kier alpha value is -1.85. The minimum Gasteiger partial charge on any atom is -0.444 e. The van der Waals surface area contributed by atoms with Crippen LogP contribution in [0.5, 0.6) is 0 Å². The van der Waals surface area contributed by atoms with E-state index in [1.165, 1.54) is 6.26 Å². The molecule has 1 saturated heterocycles. The summed E-state index contributed by atoms with van der Waals surface area (Å²) in [5.41, 5.74) is 1.47. The highest BCUT2D eigenvalue weighted by atomic mass is 35.5. The zero-order valence-electron chi connectivity index (χ0n) is 12.1. The van der Waals surface area contributed by atoms with E-state index >= 15 is 0 Å². The Morgan fingerprint density at radius 2 is 2.23 bits per heavy atom. The Bertz CT molecular complexity index is 633. The third-order valence-electron chi connectivity index (χ3n) is 3.65. The van der Waals surface area contributed by atoms with E-state index in [1.54, 1.807) is 12.1 Å². The SMILES string of the molecule is O=C(Cc1coc(-c2ccc(Cl)cc2)n1)N[C@@H]1CCCNC1. The highest BCUT2D eigenvalue weighted by Gasteiger charge is 2.16. The molecule has 1 aliphatic heterocycles. The number of oxazole rings is 1. The van der Waals surface area contributed by atoms with E-state index in [9.17, 15) is 4.79 Å². The topological polar surface area (TPSA) is 67.2 Å². The van der Waals surface area contributed by atoms with Gasteiger partial charge in [0.15, 0.2) is 0 Å². The number of hydrogen-bond acceptors (Lipinski definition) is 4. The molecule has 2 aromatic rings. The van der Waals surface area contributed by atoms with Crippen LogP contribution in [0.15, 0.2) is 34.9 Å². The van der Waals surface area contributed by atoms with Gasteiger partial charge >= 0.3 is 0 Å². The number of aromatic nitrogens is 1. The average Bonchev–Trinajstić information content (AvgIpc) is 2.97. The van der Waals surface area contributed by atoms with Gasteiger partial charge in [-0.3, -0.25) is 4.79 Å². The summed E-state index contributed by atoms with van der Waals surface area (Å²) in [5.74, 6) is 0.475. The number of piperidine rings is 1. The van der Waals surface area contributed by atoms with Gasteiger partial charge in [0.05, 0.1) is 12.1 Å². The van der Waals surface area contributed by atoms with Crippen LogP contribution in [-0.2, 0) is 11.2 Å². The summed E-state index contributed by atoms with van der Waals surface area (Å²) in [6.07, 6.45) is 3.87. The summed E-state index contributed by atoms with van der Waals surface area (Å²) in [5, 5.41) is 6.96. The molecule has 0 saturated carbocycles. The number of halogens is 1. The summed E-state index contributed by atoms with van der Waals surface area (Å²) in [6, 6.07) is 7.45. The maximum atomic E-state index is 12.0. The second-order valence-corrected chi connectivity index (χ2v) is 5.87. The highest BCUT2D eigenvalue weighted by molar-refractivity contribution is 6.30. The van der Waals surface area contributed by atoms with E-state index in [4.69, 9.17) is 16.0 Å². The van der Waals surface area contributed by atoms with Crippen molar-refractivity contribution in [3.8, 4) is 11.5 Å². The van der Waals surface area contributed by atoms with Crippen molar-refractivity contribution in [2.75, 3.05) is 13.1 Å². The second-order valence-electron chi connectivity index (χ2n) is 5.44. The Morgan fingerprint density at radius 1 is 1.41 bits per heavy atom. The number of hydrogen-bond donors (Lipinski definition) is 2. The summed E-state index contributed by atoms with van der Waals surface area (Å²) < 4.78 is 5.43. The van der Waals surface area contributed by atoms with E-state index in [-0.39, 0.29) is 18.4 Å². The number of rotatable bonds is 4. The lowest BCUT2D eigenvalue weighted by Gasteiger charge is -2.23. The van der Waals surface area contributed by atoms with Crippen molar-refractivity contribution in [1.29, 1.82) is 0 Å². The van der Waals surface area contributed by atoms with E-state index in [1.807, 2.05) is 12.1 Å². The van der Waals surface area contributed by atoms with Crippen LogP contribution in [0.3, 0.4) is 0 Å². The molecule has 2 heterocycles. The van der Waals surface area contributed by atoms with Crippen LogP contribution in [0.25, 0.3) is 11.5 Å². The van der Waals surface area contributed by atoms with Crippen molar-refractivity contribution in [3.05, 3.63) is 41.2 Å². The Kier molecular flexibility index (Phi) is 4.75. The fourth-order valence-electron chi connectivity index (χ4n) is 2.53. The highest BCUT2D eigenvalue weighted by Crippen LogP contribution is 2.21. The molecule has 0 radical (unpaired) electrons. The molecule has 1 aromatic carbocycles. The maximum Gasteiger partial charge on any atom is 0.226 e. The number of nitrogens with zero attached hydrogens (tertiary/aromatic N) is 1. The molecule has 2 N–H and O–H groups in total. The average molecular weight is 320 g/mol. The quantitative estimate of drug-likeness (QED) is 0.908. The number of benzene rings is 1. The third kappa shape index (κ3) is 3.87. The van der Waals surface area contributed by atoms with Gasteiger partial charge in [-0.15, -0.1) is 0 Å². The molecule has 22 heavy (non-hydrogen) atoms. The minimum atomic E-state index is -0.0235.